The summed E-state index contributed by atoms with van der Waals surface area (Å²) in [5, 5.41) is 7.57. The van der Waals surface area contributed by atoms with E-state index < -0.39 is 5.97 Å². The molecule has 0 saturated heterocycles. The van der Waals surface area contributed by atoms with Crippen molar-refractivity contribution in [3.8, 4) is 10.8 Å². The number of anilines is 1. The van der Waals surface area contributed by atoms with Gasteiger partial charge in [0, 0.05) is 0 Å². The molecule has 0 atom stereocenters. The van der Waals surface area contributed by atoms with E-state index in [1.807, 2.05) is 6.92 Å². The zero-order valence-corrected chi connectivity index (χ0v) is 13.2. The molecular weight excluding hydrogens is 316 g/mol. The molecule has 23 heavy (non-hydrogen) atoms. The lowest BCUT2D eigenvalue weighted by atomic mass is 10.2. The number of hydrogen-bond donors (Lipinski definition) is 0. The van der Waals surface area contributed by atoms with E-state index in [1.54, 1.807) is 41.8 Å². The van der Waals surface area contributed by atoms with E-state index in [0.717, 1.165) is 0 Å². The second kappa shape index (κ2) is 6.62. The predicted octanol–water partition coefficient (Wildman–Crippen LogP) is 2.85. The van der Waals surface area contributed by atoms with Crippen LogP contribution < -0.4 is 14.5 Å². The van der Waals surface area contributed by atoms with Gasteiger partial charge in [0.2, 0.25) is 0 Å². The molecule has 0 fully saturated rings. The van der Waals surface area contributed by atoms with E-state index in [1.165, 1.54) is 16.3 Å². The van der Waals surface area contributed by atoms with Crippen molar-refractivity contribution in [1.82, 2.24) is 0 Å². The number of esters is 1. The van der Waals surface area contributed by atoms with Gasteiger partial charge in [0.05, 0.1) is 18.7 Å². The molecule has 0 N–H and O–H groups in total. The molecule has 0 radical (unpaired) electrons. The van der Waals surface area contributed by atoms with E-state index in [9.17, 15) is 9.59 Å². The third-order valence-electron chi connectivity index (χ3n) is 3.09. The molecule has 0 spiro atoms. The summed E-state index contributed by atoms with van der Waals surface area (Å²) in [6, 6.07) is 10.4. The van der Waals surface area contributed by atoms with E-state index in [-0.39, 0.29) is 18.0 Å². The first-order valence-electron chi connectivity index (χ1n) is 7.06. The Labute approximate surface area is 136 Å². The highest BCUT2D eigenvalue weighted by Gasteiger charge is 2.30. The van der Waals surface area contributed by atoms with Crippen LogP contribution in [0.1, 0.15) is 13.3 Å². The summed E-state index contributed by atoms with van der Waals surface area (Å²) in [7, 11) is 0. The Kier molecular flexibility index (Phi) is 4.38. The van der Waals surface area contributed by atoms with Gasteiger partial charge in [-0.25, -0.2) is 4.79 Å². The molecule has 6 nitrogen and oxygen atoms in total. The number of ether oxygens (including phenoxy) is 2. The average molecular weight is 330 g/mol. The fraction of sp³-hybridized carbons (Fsp3) is 0.188. The Morgan fingerprint density at radius 2 is 2.09 bits per heavy atom. The summed E-state index contributed by atoms with van der Waals surface area (Å²) < 4.78 is 10.5. The number of hydrazone groups is 1. The summed E-state index contributed by atoms with van der Waals surface area (Å²) in [5.74, 6) is -0.161. The Hall–Kier alpha value is -2.67. The molecule has 2 heterocycles. The normalized spacial score (nSPS) is 13.9. The molecule has 0 bridgehead atoms. The third kappa shape index (κ3) is 3.40. The van der Waals surface area contributed by atoms with Gasteiger partial charge in [0.1, 0.15) is 5.75 Å². The molecule has 118 valence electrons. The van der Waals surface area contributed by atoms with Crippen molar-refractivity contribution in [1.29, 1.82) is 0 Å². The van der Waals surface area contributed by atoms with Crippen LogP contribution in [-0.2, 0) is 9.59 Å². The van der Waals surface area contributed by atoms with Crippen LogP contribution in [0.15, 0.2) is 46.9 Å². The highest BCUT2D eigenvalue weighted by atomic mass is 32.1. The van der Waals surface area contributed by atoms with Gasteiger partial charge < -0.3 is 9.47 Å². The zero-order chi connectivity index (χ0) is 16.2. The maximum absolute atomic E-state index is 12.1. The highest BCUT2D eigenvalue weighted by Crippen LogP contribution is 2.24. The Morgan fingerprint density at radius 1 is 1.30 bits per heavy atom. The molecule has 7 heteroatoms. The van der Waals surface area contributed by atoms with Crippen LogP contribution in [0.5, 0.6) is 10.8 Å². The highest BCUT2D eigenvalue weighted by molar-refractivity contribution is 7.11. The molecule has 1 aromatic carbocycles. The molecule has 1 aliphatic heterocycles. The molecule has 1 aromatic heterocycles. The molecule has 2 aromatic rings. The summed E-state index contributed by atoms with van der Waals surface area (Å²) in [6.07, 6.45) is -0.0720. The van der Waals surface area contributed by atoms with Crippen LogP contribution in [0, 0.1) is 0 Å². The van der Waals surface area contributed by atoms with Crippen LogP contribution in [-0.4, -0.2) is 24.2 Å². The van der Waals surface area contributed by atoms with Gasteiger partial charge >= 0.3 is 5.97 Å². The number of hydrogen-bond acceptors (Lipinski definition) is 6. The second-order valence-corrected chi connectivity index (χ2v) is 5.59. The molecule has 0 aliphatic carbocycles. The van der Waals surface area contributed by atoms with Crippen molar-refractivity contribution in [3.05, 3.63) is 41.8 Å². The van der Waals surface area contributed by atoms with Gasteiger partial charge in [-0.15, -0.1) is 11.3 Å². The van der Waals surface area contributed by atoms with Crippen LogP contribution in [0.2, 0.25) is 0 Å². The molecule has 1 amide bonds. The SMILES string of the molecule is CCOc1ccc(N2N=C(C(=O)Oc3cccs3)CC2=O)cc1. The second-order valence-electron chi connectivity index (χ2n) is 4.68. The first-order valence-corrected chi connectivity index (χ1v) is 7.94. The first kappa shape index (κ1) is 15.2. The predicted molar refractivity (Wildman–Crippen MR) is 87.1 cm³/mol. The van der Waals surface area contributed by atoms with Crippen molar-refractivity contribution >= 4 is 34.6 Å². The Bertz CT molecular complexity index is 738. The van der Waals surface area contributed by atoms with Gasteiger partial charge in [0.15, 0.2) is 10.8 Å². The first-order chi connectivity index (χ1) is 11.2. The number of carbonyl (C=O) groups excluding carboxylic acids is 2. The average Bonchev–Trinajstić information content (AvgIpc) is 3.18. The van der Waals surface area contributed by atoms with Gasteiger partial charge in [-0.3, -0.25) is 4.79 Å². The summed E-state index contributed by atoms with van der Waals surface area (Å²) in [4.78, 5) is 24.1. The Balaban J connectivity index is 1.74. The fourth-order valence-corrected chi connectivity index (χ4v) is 2.64. The maximum Gasteiger partial charge on any atom is 0.361 e. The molecule has 0 unspecified atom stereocenters. The van der Waals surface area contributed by atoms with Crippen molar-refractivity contribution < 1.29 is 19.1 Å². The summed E-state index contributed by atoms with van der Waals surface area (Å²) >= 11 is 1.30. The van der Waals surface area contributed by atoms with Gasteiger partial charge in [-0.2, -0.15) is 10.1 Å². The van der Waals surface area contributed by atoms with E-state index in [2.05, 4.69) is 5.10 Å². The number of rotatable bonds is 5. The monoisotopic (exact) mass is 330 g/mol. The smallest absolute Gasteiger partial charge is 0.361 e. The van der Waals surface area contributed by atoms with Gasteiger partial charge in [-0.1, -0.05) is 0 Å². The topological polar surface area (TPSA) is 68.2 Å². The number of benzene rings is 1. The number of carbonyl (C=O) groups is 2. The standard InChI is InChI=1S/C16H14N2O4S/c1-2-21-12-7-5-11(6-8-12)18-14(19)10-13(17-18)16(20)22-15-4-3-9-23-15/h3-9H,2,10H2,1H3. The number of thiophene rings is 1. The van der Waals surface area contributed by atoms with Crippen LogP contribution >= 0.6 is 11.3 Å². The van der Waals surface area contributed by atoms with Crippen molar-refractivity contribution in [2.45, 2.75) is 13.3 Å². The lowest BCUT2D eigenvalue weighted by Crippen LogP contribution is -2.20. The van der Waals surface area contributed by atoms with E-state index in [0.29, 0.717) is 23.1 Å². The molecule has 0 saturated carbocycles. The lowest BCUT2D eigenvalue weighted by Gasteiger charge is -2.12. The summed E-state index contributed by atoms with van der Waals surface area (Å²) in [6.45, 7) is 2.46. The minimum atomic E-state index is -0.603. The fourth-order valence-electron chi connectivity index (χ4n) is 2.07. The zero-order valence-electron chi connectivity index (χ0n) is 12.4. The maximum atomic E-state index is 12.1. The number of amides is 1. The van der Waals surface area contributed by atoms with Crippen molar-refractivity contribution in [3.63, 3.8) is 0 Å². The van der Waals surface area contributed by atoms with Crippen molar-refractivity contribution in [2.24, 2.45) is 5.10 Å². The third-order valence-corrected chi connectivity index (χ3v) is 3.84. The van der Waals surface area contributed by atoms with Crippen LogP contribution in [0.25, 0.3) is 0 Å². The Morgan fingerprint density at radius 3 is 2.74 bits per heavy atom. The molecule has 1 aliphatic rings. The minimum absolute atomic E-state index is 0.0720. The van der Waals surface area contributed by atoms with Gasteiger partial charge in [-0.05, 0) is 48.7 Å². The minimum Gasteiger partial charge on any atom is -0.494 e. The largest absolute Gasteiger partial charge is 0.494 e. The molecule has 3 rings (SSSR count). The molecular formula is C16H14N2O4S. The van der Waals surface area contributed by atoms with E-state index in [4.69, 9.17) is 9.47 Å². The van der Waals surface area contributed by atoms with Crippen molar-refractivity contribution in [2.75, 3.05) is 11.6 Å². The van der Waals surface area contributed by atoms with E-state index >= 15 is 0 Å². The quantitative estimate of drug-likeness (QED) is 0.791. The van der Waals surface area contributed by atoms with Crippen LogP contribution in [0.4, 0.5) is 5.69 Å². The summed E-state index contributed by atoms with van der Waals surface area (Å²) in [5.41, 5.74) is 0.676. The van der Waals surface area contributed by atoms with Crippen LogP contribution in [0.3, 0.4) is 0 Å². The number of nitrogens with zero attached hydrogens (tertiary/aromatic N) is 2. The van der Waals surface area contributed by atoms with Gasteiger partial charge in [0.25, 0.3) is 5.91 Å². The lowest BCUT2D eigenvalue weighted by molar-refractivity contribution is -0.127.